The first-order valence-corrected chi connectivity index (χ1v) is 6.32. The van der Waals surface area contributed by atoms with Crippen LogP contribution in [0.15, 0.2) is 42.6 Å². The quantitative estimate of drug-likeness (QED) is 0.675. The molecule has 0 unspecified atom stereocenters. The second-order valence-electron chi connectivity index (χ2n) is 4.30. The maximum absolute atomic E-state index is 11.8. The Balaban J connectivity index is 1.76. The first-order valence-electron chi connectivity index (χ1n) is 6.32. The number of rotatable bonds is 5. The summed E-state index contributed by atoms with van der Waals surface area (Å²) in [7, 11) is 0. The number of nitrogens with two attached hydrogens (primary N) is 1. The summed E-state index contributed by atoms with van der Waals surface area (Å²) in [5, 5.41) is 12.7. The molecule has 1 aromatic heterocycles. The van der Waals surface area contributed by atoms with Gasteiger partial charge in [0, 0.05) is 17.4 Å². The van der Waals surface area contributed by atoms with Crippen LogP contribution in [0.4, 0.5) is 5.69 Å². The molecule has 0 atom stereocenters. The minimum Gasteiger partial charge on any atom is -0.399 e. The Morgan fingerprint density at radius 3 is 2.52 bits per heavy atom. The number of hydrogen-bond donors (Lipinski definition) is 3. The van der Waals surface area contributed by atoms with Gasteiger partial charge in [0.2, 0.25) is 5.91 Å². The highest BCUT2D eigenvalue weighted by molar-refractivity contribution is 5.96. The van der Waals surface area contributed by atoms with Crippen LogP contribution in [0.25, 0.3) is 0 Å². The average Bonchev–Trinajstić information content (AvgIpc) is 2.52. The van der Waals surface area contributed by atoms with Gasteiger partial charge in [-0.2, -0.15) is 10.2 Å². The molecule has 0 saturated carbocycles. The lowest BCUT2D eigenvalue weighted by atomic mass is 10.2. The van der Waals surface area contributed by atoms with Crippen molar-refractivity contribution in [3.63, 3.8) is 0 Å². The van der Waals surface area contributed by atoms with Crippen molar-refractivity contribution in [2.24, 2.45) is 0 Å². The lowest BCUT2D eigenvalue weighted by Crippen LogP contribution is -2.36. The standard InChI is InChI=1S/C14H15N5O2/c15-11-5-3-10(4-6-11)14(21)17-9-13(20)16-8-12-2-1-7-18-19-12/h1-7H,8-9,15H2,(H,16,20)(H,17,21). The number of nitrogens with one attached hydrogen (secondary N) is 2. The molecule has 21 heavy (non-hydrogen) atoms. The summed E-state index contributed by atoms with van der Waals surface area (Å²) in [5.74, 6) is -0.630. The van der Waals surface area contributed by atoms with Crippen molar-refractivity contribution in [2.75, 3.05) is 12.3 Å². The van der Waals surface area contributed by atoms with Gasteiger partial charge >= 0.3 is 0 Å². The Labute approximate surface area is 121 Å². The summed E-state index contributed by atoms with van der Waals surface area (Å²) >= 11 is 0. The molecule has 1 aromatic carbocycles. The zero-order valence-electron chi connectivity index (χ0n) is 11.2. The van der Waals surface area contributed by atoms with Gasteiger partial charge in [-0.1, -0.05) is 0 Å². The van der Waals surface area contributed by atoms with Crippen LogP contribution < -0.4 is 16.4 Å². The predicted molar refractivity (Wildman–Crippen MR) is 77.1 cm³/mol. The molecule has 4 N–H and O–H groups in total. The fourth-order valence-corrected chi connectivity index (χ4v) is 1.58. The molecule has 0 radical (unpaired) electrons. The first kappa shape index (κ1) is 14.4. The third-order valence-corrected chi connectivity index (χ3v) is 2.68. The number of nitrogen functional groups attached to an aromatic ring is 1. The number of anilines is 1. The molecule has 2 rings (SSSR count). The van der Waals surface area contributed by atoms with Crippen LogP contribution in [-0.4, -0.2) is 28.6 Å². The highest BCUT2D eigenvalue weighted by Crippen LogP contribution is 2.04. The molecule has 0 aliphatic rings. The van der Waals surface area contributed by atoms with E-state index in [2.05, 4.69) is 20.8 Å². The van der Waals surface area contributed by atoms with Crippen LogP contribution in [0.1, 0.15) is 16.1 Å². The van der Waals surface area contributed by atoms with E-state index in [0.29, 0.717) is 16.9 Å². The van der Waals surface area contributed by atoms with Crippen molar-refractivity contribution in [1.29, 1.82) is 0 Å². The van der Waals surface area contributed by atoms with Crippen LogP contribution in [0.3, 0.4) is 0 Å². The van der Waals surface area contributed by atoms with Crippen molar-refractivity contribution in [3.8, 4) is 0 Å². The summed E-state index contributed by atoms with van der Waals surface area (Å²) in [6, 6.07) is 9.94. The van der Waals surface area contributed by atoms with Gasteiger partial charge in [0.15, 0.2) is 0 Å². The first-order chi connectivity index (χ1) is 10.1. The molecule has 0 aliphatic carbocycles. The second-order valence-corrected chi connectivity index (χ2v) is 4.30. The van der Waals surface area contributed by atoms with Gasteiger partial charge < -0.3 is 16.4 Å². The van der Waals surface area contributed by atoms with Gasteiger partial charge in [-0.05, 0) is 36.4 Å². The molecule has 1 heterocycles. The fourth-order valence-electron chi connectivity index (χ4n) is 1.58. The van der Waals surface area contributed by atoms with E-state index >= 15 is 0 Å². The normalized spacial score (nSPS) is 9.90. The van der Waals surface area contributed by atoms with E-state index in [1.807, 2.05) is 0 Å². The monoisotopic (exact) mass is 285 g/mol. The van der Waals surface area contributed by atoms with Crippen LogP contribution in [0, 0.1) is 0 Å². The summed E-state index contributed by atoms with van der Waals surface area (Å²) in [5.41, 5.74) is 7.21. The van der Waals surface area contributed by atoms with Gasteiger partial charge in [-0.15, -0.1) is 0 Å². The lowest BCUT2D eigenvalue weighted by Gasteiger charge is -2.06. The molecule has 0 aliphatic heterocycles. The molecule has 108 valence electrons. The van der Waals surface area contributed by atoms with Gasteiger partial charge in [0.25, 0.3) is 5.91 Å². The number of carbonyl (C=O) groups excluding carboxylic acids is 2. The van der Waals surface area contributed by atoms with Crippen LogP contribution >= 0.6 is 0 Å². The van der Waals surface area contributed by atoms with Crippen molar-refractivity contribution < 1.29 is 9.59 Å². The summed E-state index contributed by atoms with van der Waals surface area (Å²) in [6.45, 7) is 0.161. The van der Waals surface area contributed by atoms with Gasteiger partial charge in [0.05, 0.1) is 18.8 Å². The SMILES string of the molecule is Nc1ccc(C(=O)NCC(=O)NCc2cccnn2)cc1. The molecule has 7 heteroatoms. The molecule has 0 spiro atoms. The Hall–Kier alpha value is -2.96. The van der Waals surface area contributed by atoms with E-state index in [1.54, 1.807) is 42.6 Å². The van der Waals surface area contributed by atoms with Crippen molar-refractivity contribution in [1.82, 2.24) is 20.8 Å². The largest absolute Gasteiger partial charge is 0.399 e. The van der Waals surface area contributed by atoms with Crippen LogP contribution in [-0.2, 0) is 11.3 Å². The van der Waals surface area contributed by atoms with E-state index in [0.717, 1.165) is 0 Å². The van der Waals surface area contributed by atoms with E-state index < -0.39 is 0 Å². The zero-order valence-corrected chi connectivity index (χ0v) is 11.2. The second kappa shape index (κ2) is 6.99. The molecule has 7 nitrogen and oxygen atoms in total. The molecule has 0 saturated heterocycles. The summed E-state index contributed by atoms with van der Waals surface area (Å²) in [6.07, 6.45) is 1.55. The third kappa shape index (κ3) is 4.57. The summed E-state index contributed by atoms with van der Waals surface area (Å²) < 4.78 is 0. The minimum atomic E-state index is -0.329. The van der Waals surface area contributed by atoms with E-state index in [1.165, 1.54) is 0 Å². The maximum Gasteiger partial charge on any atom is 0.251 e. The van der Waals surface area contributed by atoms with Crippen molar-refractivity contribution in [2.45, 2.75) is 6.54 Å². The summed E-state index contributed by atoms with van der Waals surface area (Å²) in [4.78, 5) is 23.4. The van der Waals surface area contributed by atoms with Crippen molar-refractivity contribution >= 4 is 17.5 Å². The molecular weight excluding hydrogens is 270 g/mol. The lowest BCUT2D eigenvalue weighted by molar-refractivity contribution is -0.120. The fraction of sp³-hybridized carbons (Fsp3) is 0.143. The van der Waals surface area contributed by atoms with Gasteiger partial charge in [0.1, 0.15) is 0 Å². The molecule has 0 bridgehead atoms. The maximum atomic E-state index is 11.8. The Kier molecular flexibility index (Phi) is 4.81. The van der Waals surface area contributed by atoms with Crippen molar-refractivity contribution in [3.05, 3.63) is 53.9 Å². The predicted octanol–water partition coefficient (Wildman–Crippen LogP) is 0.105. The average molecular weight is 285 g/mol. The number of hydrogen-bond acceptors (Lipinski definition) is 5. The highest BCUT2D eigenvalue weighted by atomic mass is 16.2. The van der Waals surface area contributed by atoms with Crippen LogP contribution in [0.5, 0.6) is 0 Å². The van der Waals surface area contributed by atoms with Gasteiger partial charge in [-0.3, -0.25) is 9.59 Å². The number of benzene rings is 1. The Bertz CT molecular complexity index is 613. The smallest absolute Gasteiger partial charge is 0.251 e. The molecule has 0 fully saturated rings. The topological polar surface area (TPSA) is 110 Å². The Morgan fingerprint density at radius 1 is 1.10 bits per heavy atom. The number of nitrogens with zero attached hydrogens (tertiary/aromatic N) is 2. The molecule has 2 aromatic rings. The number of carbonyl (C=O) groups is 2. The third-order valence-electron chi connectivity index (χ3n) is 2.68. The molecule has 2 amide bonds. The minimum absolute atomic E-state index is 0.108. The van der Waals surface area contributed by atoms with Gasteiger partial charge in [-0.25, -0.2) is 0 Å². The Morgan fingerprint density at radius 2 is 1.86 bits per heavy atom. The zero-order chi connectivity index (χ0) is 15.1. The van der Waals surface area contributed by atoms with E-state index in [4.69, 9.17) is 5.73 Å². The molecular formula is C14H15N5O2. The van der Waals surface area contributed by atoms with Crippen LogP contribution in [0.2, 0.25) is 0 Å². The number of amides is 2. The highest BCUT2D eigenvalue weighted by Gasteiger charge is 2.07. The van der Waals surface area contributed by atoms with E-state index in [9.17, 15) is 9.59 Å². The number of aromatic nitrogens is 2. The van der Waals surface area contributed by atoms with E-state index in [-0.39, 0.29) is 24.9 Å².